The molecular formula is C14H21FN2O3. The molecule has 0 aliphatic rings. The van der Waals surface area contributed by atoms with Crippen LogP contribution in [0, 0.1) is 5.82 Å². The van der Waals surface area contributed by atoms with Gasteiger partial charge in [-0.25, -0.2) is 4.39 Å². The molecule has 0 amide bonds. The Labute approximate surface area is 118 Å². The first-order valence-corrected chi connectivity index (χ1v) is 6.31. The lowest BCUT2D eigenvalue weighted by molar-refractivity contribution is -0.0377. The number of nitrogens with two attached hydrogens (primary N) is 1. The number of rotatable bonds is 6. The number of nitrogens with zero attached hydrogens (tertiary/aromatic N) is 1. The Kier molecular flexibility index (Phi) is 5.91. The Hall–Kier alpha value is -1.66. The van der Waals surface area contributed by atoms with Gasteiger partial charge < -0.3 is 20.4 Å². The van der Waals surface area contributed by atoms with Gasteiger partial charge in [-0.1, -0.05) is 5.16 Å². The third-order valence-corrected chi connectivity index (χ3v) is 2.39. The minimum Gasteiger partial charge on any atom is -0.409 e. The number of hydrogen-bond donors (Lipinski definition) is 2. The van der Waals surface area contributed by atoms with Gasteiger partial charge >= 0.3 is 0 Å². The van der Waals surface area contributed by atoms with Crippen molar-refractivity contribution < 1.29 is 19.1 Å². The van der Waals surface area contributed by atoms with Gasteiger partial charge in [0.15, 0.2) is 5.84 Å². The summed E-state index contributed by atoms with van der Waals surface area (Å²) < 4.78 is 24.3. The maximum atomic E-state index is 13.4. The predicted octanol–water partition coefficient (Wildman–Crippen LogP) is 2.25. The number of amidine groups is 1. The maximum Gasteiger partial charge on any atom is 0.170 e. The highest BCUT2D eigenvalue weighted by Crippen LogP contribution is 2.11. The molecule has 0 saturated carbocycles. The molecule has 3 N–H and O–H groups in total. The van der Waals surface area contributed by atoms with Gasteiger partial charge in [-0.05, 0) is 44.5 Å². The quantitative estimate of drug-likeness (QED) is 0.276. The van der Waals surface area contributed by atoms with E-state index in [-0.39, 0.29) is 18.0 Å². The van der Waals surface area contributed by atoms with E-state index in [4.69, 9.17) is 20.4 Å². The summed E-state index contributed by atoms with van der Waals surface area (Å²) in [5.74, 6) is -0.597. The summed E-state index contributed by atoms with van der Waals surface area (Å²) in [6.45, 7) is 6.99. The summed E-state index contributed by atoms with van der Waals surface area (Å²) in [4.78, 5) is 0. The van der Waals surface area contributed by atoms with Crippen LogP contribution in [0.25, 0.3) is 0 Å². The second-order valence-electron chi connectivity index (χ2n) is 5.35. The van der Waals surface area contributed by atoms with E-state index in [1.807, 2.05) is 20.8 Å². The van der Waals surface area contributed by atoms with E-state index in [1.165, 1.54) is 12.1 Å². The van der Waals surface area contributed by atoms with E-state index in [9.17, 15) is 4.39 Å². The van der Waals surface area contributed by atoms with Gasteiger partial charge in [-0.3, -0.25) is 0 Å². The van der Waals surface area contributed by atoms with Gasteiger partial charge in [-0.2, -0.15) is 0 Å². The van der Waals surface area contributed by atoms with Crippen molar-refractivity contribution in [2.75, 3.05) is 13.2 Å². The molecule has 0 spiro atoms. The highest BCUT2D eigenvalue weighted by molar-refractivity contribution is 5.97. The van der Waals surface area contributed by atoms with E-state index >= 15 is 0 Å². The standard InChI is InChI=1S/C14H21FN2O3/c1-14(2,3)20-5-4-19-9-10-6-11(13(16)17-18)8-12(15)7-10/h6-8,18H,4-5,9H2,1-3H3,(H2,16,17). The number of oxime groups is 1. The Balaban J connectivity index is 2.50. The molecule has 0 atom stereocenters. The first-order chi connectivity index (χ1) is 9.31. The molecule has 0 heterocycles. The van der Waals surface area contributed by atoms with Crippen LogP contribution in [0.5, 0.6) is 0 Å². The van der Waals surface area contributed by atoms with Gasteiger partial charge in [0.2, 0.25) is 0 Å². The lowest BCUT2D eigenvalue weighted by Crippen LogP contribution is -2.21. The normalized spacial score (nSPS) is 12.7. The molecule has 0 saturated heterocycles. The summed E-state index contributed by atoms with van der Waals surface area (Å²) >= 11 is 0. The third kappa shape index (κ3) is 5.99. The molecule has 112 valence electrons. The van der Waals surface area contributed by atoms with Crippen molar-refractivity contribution in [2.45, 2.75) is 33.0 Å². The molecule has 0 bridgehead atoms. The molecule has 1 aromatic carbocycles. The number of ether oxygens (including phenoxy) is 2. The second kappa shape index (κ2) is 7.21. The molecule has 1 aromatic rings. The predicted molar refractivity (Wildman–Crippen MR) is 74.3 cm³/mol. The van der Waals surface area contributed by atoms with E-state index in [0.717, 1.165) is 0 Å². The highest BCUT2D eigenvalue weighted by atomic mass is 19.1. The van der Waals surface area contributed by atoms with Crippen LogP contribution in [0.15, 0.2) is 23.4 Å². The summed E-state index contributed by atoms with van der Waals surface area (Å²) in [5.41, 5.74) is 6.15. The lowest BCUT2D eigenvalue weighted by atomic mass is 10.1. The second-order valence-corrected chi connectivity index (χ2v) is 5.35. The molecule has 20 heavy (non-hydrogen) atoms. The maximum absolute atomic E-state index is 13.4. The van der Waals surface area contributed by atoms with Crippen LogP contribution < -0.4 is 5.73 Å². The molecule has 1 rings (SSSR count). The van der Waals surface area contributed by atoms with Crippen LogP contribution in [0.2, 0.25) is 0 Å². The Morgan fingerprint density at radius 1 is 1.30 bits per heavy atom. The molecule has 0 fully saturated rings. The highest BCUT2D eigenvalue weighted by Gasteiger charge is 2.09. The van der Waals surface area contributed by atoms with Crippen molar-refractivity contribution >= 4 is 5.84 Å². The smallest absolute Gasteiger partial charge is 0.170 e. The largest absolute Gasteiger partial charge is 0.409 e. The zero-order valence-corrected chi connectivity index (χ0v) is 12.0. The SMILES string of the molecule is CC(C)(C)OCCOCc1cc(F)cc(/C(N)=N/O)c1. The molecule has 5 nitrogen and oxygen atoms in total. The molecule has 0 unspecified atom stereocenters. The lowest BCUT2D eigenvalue weighted by Gasteiger charge is -2.19. The average Bonchev–Trinajstić information content (AvgIpc) is 2.35. The monoisotopic (exact) mass is 284 g/mol. The van der Waals surface area contributed by atoms with Gasteiger partial charge in [0, 0.05) is 5.56 Å². The van der Waals surface area contributed by atoms with E-state index in [2.05, 4.69) is 5.16 Å². The van der Waals surface area contributed by atoms with Crippen LogP contribution in [-0.2, 0) is 16.1 Å². The average molecular weight is 284 g/mol. The molecule has 0 aromatic heterocycles. The fourth-order valence-corrected chi connectivity index (χ4v) is 1.54. The van der Waals surface area contributed by atoms with Crippen molar-refractivity contribution in [1.29, 1.82) is 0 Å². The van der Waals surface area contributed by atoms with Crippen LogP contribution in [0.4, 0.5) is 4.39 Å². The van der Waals surface area contributed by atoms with Gasteiger partial charge in [0.25, 0.3) is 0 Å². The molecule has 0 radical (unpaired) electrons. The van der Waals surface area contributed by atoms with Crippen molar-refractivity contribution in [3.05, 3.63) is 35.1 Å². The van der Waals surface area contributed by atoms with E-state index in [1.54, 1.807) is 6.07 Å². The van der Waals surface area contributed by atoms with E-state index in [0.29, 0.717) is 24.3 Å². The number of halogens is 1. The number of hydrogen-bond acceptors (Lipinski definition) is 4. The third-order valence-electron chi connectivity index (χ3n) is 2.39. The topological polar surface area (TPSA) is 77.1 Å². The zero-order valence-electron chi connectivity index (χ0n) is 12.0. The van der Waals surface area contributed by atoms with Crippen LogP contribution in [-0.4, -0.2) is 29.9 Å². The summed E-state index contributed by atoms with van der Waals surface area (Å²) in [6.07, 6.45) is 0. The van der Waals surface area contributed by atoms with Crippen LogP contribution in [0.1, 0.15) is 31.9 Å². The van der Waals surface area contributed by atoms with Crippen LogP contribution >= 0.6 is 0 Å². The van der Waals surface area contributed by atoms with Crippen molar-refractivity contribution in [3.8, 4) is 0 Å². The minimum atomic E-state index is -0.460. The molecular weight excluding hydrogens is 263 g/mol. The van der Waals surface area contributed by atoms with Crippen molar-refractivity contribution in [3.63, 3.8) is 0 Å². The van der Waals surface area contributed by atoms with Crippen molar-refractivity contribution in [1.82, 2.24) is 0 Å². The fraction of sp³-hybridized carbons (Fsp3) is 0.500. The summed E-state index contributed by atoms with van der Waals surface area (Å²) in [5, 5.41) is 11.4. The Morgan fingerprint density at radius 3 is 2.60 bits per heavy atom. The molecule has 0 aliphatic carbocycles. The minimum absolute atomic E-state index is 0.137. The fourth-order valence-electron chi connectivity index (χ4n) is 1.54. The van der Waals surface area contributed by atoms with Gasteiger partial charge in [-0.15, -0.1) is 0 Å². The number of benzene rings is 1. The van der Waals surface area contributed by atoms with Crippen LogP contribution in [0.3, 0.4) is 0 Å². The first-order valence-electron chi connectivity index (χ1n) is 6.31. The summed E-state index contributed by atoms with van der Waals surface area (Å²) in [7, 11) is 0. The van der Waals surface area contributed by atoms with E-state index < -0.39 is 5.82 Å². The van der Waals surface area contributed by atoms with Gasteiger partial charge in [0.1, 0.15) is 5.82 Å². The molecule has 0 aliphatic heterocycles. The molecule has 6 heteroatoms. The Morgan fingerprint density at radius 2 is 2.00 bits per heavy atom. The Bertz CT molecular complexity index is 470. The van der Waals surface area contributed by atoms with Gasteiger partial charge in [0.05, 0.1) is 25.4 Å². The van der Waals surface area contributed by atoms with Crippen molar-refractivity contribution in [2.24, 2.45) is 10.9 Å². The first kappa shape index (κ1) is 16.4. The zero-order chi connectivity index (χ0) is 15.2. The summed E-state index contributed by atoms with van der Waals surface area (Å²) in [6, 6.07) is 4.16.